The fourth-order valence-corrected chi connectivity index (χ4v) is 1.95. The molecule has 0 amide bonds. The number of hydrogen-bond donors (Lipinski definition) is 1. The van der Waals surface area contributed by atoms with Crippen LogP contribution in [0.4, 0.5) is 0 Å². The second-order valence-electron chi connectivity index (χ2n) is 3.90. The first kappa shape index (κ1) is 10.7. The van der Waals surface area contributed by atoms with Gasteiger partial charge in [0.2, 0.25) is 0 Å². The molecule has 0 fully saturated rings. The average Bonchev–Trinajstić information content (AvgIpc) is 2.28. The van der Waals surface area contributed by atoms with E-state index in [1.54, 1.807) is 13.0 Å². The van der Waals surface area contributed by atoms with Gasteiger partial charge in [-0.15, -0.1) is 0 Å². The van der Waals surface area contributed by atoms with Crippen molar-refractivity contribution in [3.05, 3.63) is 29.3 Å². The van der Waals surface area contributed by atoms with E-state index >= 15 is 0 Å². The fraction of sp³-hybridized carbons (Fsp3) is 0.333. The summed E-state index contributed by atoms with van der Waals surface area (Å²) in [6.07, 6.45) is 0.937. The topological polar surface area (TPSA) is 53.4 Å². The van der Waals surface area contributed by atoms with Crippen molar-refractivity contribution in [1.82, 2.24) is 4.90 Å². The summed E-state index contributed by atoms with van der Waals surface area (Å²) in [6, 6.07) is 5.67. The molecule has 0 unspecified atom stereocenters. The van der Waals surface area contributed by atoms with Gasteiger partial charge in [0.1, 0.15) is 5.75 Å². The summed E-state index contributed by atoms with van der Waals surface area (Å²) in [4.78, 5) is 12.3. The van der Waals surface area contributed by atoms with E-state index in [0.29, 0.717) is 18.1 Å². The van der Waals surface area contributed by atoms with Crippen molar-refractivity contribution < 1.29 is 9.53 Å². The zero-order valence-corrected chi connectivity index (χ0v) is 9.19. The number of benzene rings is 1. The molecule has 4 heteroatoms. The Morgan fingerprint density at radius 3 is 3.00 bits per heavy atom. The van der Waals surface area contributed by atoms with E-state index < -0.39 is 0 Å². The van der Waals surface area contributed by atoms with E-state index in [0.717, 1.165) is 25.1 Å². The fourth-order valence-electron chi connectivity index (χ4n) is 1.95. The van der Waals surface area contributed by atoms with Crippen molar-refractivity contribution >= 4 is 12.3 Å². The molecule has 0 atom stereocenters. The van der Waals surface area contributed by atoms with Gasteiger partial charge in [-0.3, -0.25) is 10.2 Å². The molecule has 0 saturated carbocycles. The van der Waals surface area contributed by atoms with Crippen LogP contribution in [-0.2, 0) is 17.8 Å². The van der Waals surface area contributed by atoms with E-state index in [1.165, 1.54) is 5.56 Å². The molecule has 4 nitrogen and oxygen atoms in total. The van der Waals surface area contributed by atoms with Gasteiger partial charge in [-0.1, -0.05) is 6.07 Å². The van der Waals surface area contributed by atoms with Gasteiger partial charge in [0, 0.05) is 13.1 Å². The first-order chi connectivity index (χ1) is 7.70. The standard InChI is InChI=1S/C12H14N2O2/c1-9(13)14-5-4-10-2-3-12(16-8-15)6-11(10)7-14/h2-3,6,8,13H,4-5,7H2,1H3. The highest BCUT2D eigenvalue weighted by atomic mass is 16.5. The second kappa shape index (κ2) is 4.35. The Morgan fingerprint density at radius 2 is 2.31 bits per heavy atom. The minimum Gasteiger partial charge on any atom is -0.429 e. The number of rotatable bonds is 2. The van der Waals surface area contributed by atoms with Crippen LogP contribution in [0.5, 0.6) is 5.75 Å². The van der Waals surface area contributed by atoms with Crippen molar-refractivity contribution in [2.24, 2.45) is 0 Å². The Kier molecular flexibility index (Phi) is 2.90. The van der Waals surface area contributed by atoms with Crippen LogP contribution in [0.3, 0.4) is 0 Å². The summed E-state index contributed by atoms with van der Waals surface area (Å²) >= 11 is 0. The van der Waals surface area contributed by atoms with Gasteiger partial charge >= 0.3 is 0 Å². The van der Waals surface area contributed by atoms with Crippen molar-refractivity contribution in [3.8, 4) is 5.75 Å². The number of amidine groups is 1. The lowest BCUT2D eigenvalue weighted by atomic mass is 9.99. The summed E-state index contributed by atoms with van der Waals surface area (Å²) in [6.45, 7) is 3.83. The largest absolute Gasteiger partial charge is 0.429 e. The number of nitrogens with zero attached hydrogens (tertiary/aromatic N) is 1. The maximum atomic E-state index is 10.2. The SMILES string of the molecule is CC(=N)N1CCc2ccc(OC=O)cc2C1. The van der Waals surface area contributed by atoms with Gasteiger partial charge in [0.05, 0.1) is 5.84 Å². The lowest BCUT2D eigenvalue weighted by molar-refractivity contribution is -0.120. The number of fused-ring (bicyclic) bond motifs is 1. The molecule has 0 spiro atoms. The van der Waals surface area contributed by atoms with Crippen LogP contribution in [0.25, 0.3) is 0 Å². The Hall–Kier alpha value is -1.84. The Labute approximate surface area is 94.3 Å². The third-order valence-corrected chi connectivity index (χ3v) is 2.85. The van der Waals surface area contributed by atoms with Gasteiger partial charge in [-0.25, -0.2) is 0 Å². The predicted octanol–water partition coefficient (Wildman–Crippen LogP) is 1.58. The van der Waals surface area contributed by atoms with E-state index in [1.807, 2.05) is 17.0 Å². The Bertz CT molecular complexity index is 429. The summed E-state index contributed by atoms with van der Waals surface area (Å²) in [7, 11) is 0. The molecule has 0 aromatic heterocycles. The van der Waals surface area contributed by atoms with Crippen LogP contribution < -0.4 is 4.74 Å². The van der Waals surface area contributed by atoms with Crippen LogP contribution in [0.15, 0.2) is 18.2 Å². The van der Waals surface area contributed by atoms with Crippen LogP contribution in [0.2, 0.25) is 0 Å². The number of nitrogens with one attached hydrogen (secondary N) is 1. The van der Waals surface area contributed by atoms with E-state index in [9.17, 15) is 4.79 Å². The molecule has 1 heterocycles. The normalized spacial score (nSPS) is 14.2. The molecule has 1 N–H and O–H groups in total. The van der Waals surface area contributed by atoms with Crippen LogP contribution in [-0.4, -0.2) is 23.8 Å². The summed E-state index contributed by atoms with van der Waals surface area (Å²) < 4.78 is 4.81. The number of carbonyl (C=O) groups excluding carboxylic acids is 1. The van der Waals surface area contributed by atoms with Crippen molar-refractivity contribution in [3.63, 3.8) is 0 Å². The van der Waals surface area contributed by atoms with Crippen molar-refractivity contribution in [2.45, 2.75) is 19.9 Å². The van der Waals surface area contributed by atoms with Gasteiger partial charge in [0.15, 0.2) is 0 Å². The zero-order chi connectivity index (χ0) is 11.5. The molecule has 84 valence electrons. The monoisotopic (exact) mass is 218 g/mol. The molecular weight excluding hydrogens is 204 g/mol. The van der Waals surface area contributed by atoms with Crippen LogP contribution >= 0.6 is 0 Å². The second-order valence-corrected chi connectivity index (χ2v) is 3.90. The zero-order valence-electron chi connectivity index (χ0n) is 9.19. The predicted molar refractivity (Wildman–Crippen MR) is 60.6 cm³/mol. The van der Waals surface area contributed by atoms with Gasteiger partial charge in [-0.2, -0.15) is 0 Å². The molecule has 1 aliphatic heterocycles. The summed E-state index contributed by atoms with van der Waals surface area (Å²) in [5.41, 5.74) is 2.41. The summed E-state index contributed by atoms with van der Waals surface area (Å²) in [5.74, 6) is 1.14. The first-order valence-electron chi connectivity index (χ1n) is 5.23. The lowest BCUT2D eigenvalue weighted by Crippen LogP contribution is -2.33. The van der Waals surface area contributed by atoms with E-state index in [2.05, 4.69) is 0 Å². The number of ether oxygens (including phenoxy) is 1. The van der Waals surface area contributed by atoms with Gasteiger partial charge in [-0.05, 0) is 36.6 Å². The third-order valence-electron chi connectivity index (χ3n) is 2.85. The molecular formula is C12H14N2O2. The minimum atomic E-state index is 0.435. The highest BCUT2D eigenvalue weighted by Gasteiger charge is 2.16. The third kappa shape index (κ3) is 2.05. The molecule has 0 aliphatic carbocycles. The van der Waals surface area contributed by atoms with Gasteiger partial charge < -0.3 is 9.64 Å². The Morgan fingerprint density at radius 1 is 1.50 bits per heavy atom. The van der Waals surface area contributed by atoms with Crippen molar-refractivity contribution in [1.29, 1.82) is 5.41 Å². The molecule has 2 rings (SSSR count). The molecule has 0 radical (unpaired) electrons. The molecule has 1 aromatic carbocycles. The molecule has 0 saturated heterocycles. The minimum absolute atomic E-state index is 0.435. The highest BCUT2D eigenvalue weighted by Crippen LogP contribution is 2.23. The lowest BCUT2D eigenvalue weighted by Gasteiger charge is -2.29. The number of hydrogen-bond acceptors (Lipinski definition) is 3. The van der Waals surface area contributed by atoms with E-state index in [4.69, 9.17) is 10.1 Å². The van der Waals surface area contributed by atoms with E-state index in [-0.39, 0.29) is 0 Å². The van der Waals surface area contributed by atoms with Crippen LogP contribution in [0.1, 0.15) is 18.1 Å². The Balaban J connectivity index is 2.24. The summed E-state index contributed by atoms with van der Waals surface area (Å²) in [5, 5.41) is 7.60. The number of carbonyl (C=O) groups is 1. The highest BCUT2D eigenvalue weighted by molar-refractivity contribution is 5.76. The van der Waals surface area contributed by atoms with Crippen LogP contribution in [0, 0.1) is 5.41 Å². The smallest absolute Gasteiger partial charge is 0.298 e. The molecule has 0 bridgehead atoms. The quantitative estimate of drug-likeness (QED) is 0.466. The molecule has 1 aliphatic rings. The maximum absolute atomic E-state index is 10.2. The molecule has 1 aromatic rings. The van der Waals surface area contributed by atoms with Crippen molar-refractivity contribution in [2.75, 3.05) is 6.54 Å². The first-order valence-corrected chi connectivity index (χ1v) is 5.23. The van der Waals surface area contributed by atoms with Gasteiger partial charge in [0.25, 0.3) is 6.47 Å². The maximum Gasteiger partial charge on any atom is 0.298 e. The average molecular weight is 218 g/mol. The molecule has 16 heavy (non-hydrogen) atoms.